The molecule has 0 saturated heterocycles. The van der Waals surface area contributed by atoms with Crippen molar-refractivity contribution in [1.29, 1.82) is 0 Å². The molecule has 148 valence electrons. The van der Waals surface area contributed by atoms with Crippen molar-refractivity contribution in [2.75, 3.05) is 5.32 Å². The van der Waals surface area contributed by atoms with Crippen LogP contribution < -0.4 is 5.32 Å². The zero-order valence-electron chi connectivity index (χ0n) is 15.6. The molecule has 7 heteroatoms. The number of hydrogen-bond acceptors (Lipinski definition) is 3. The second-order valence-corrected chi connectivity index (χ2v) is 8.17. The van der Waals surface area contributed by atoms with Crippen molar-refractivity contribution < 1.29 is 0 Å². The smallest absolute Gasteiger partial charge is 0.227 e. The highest BCUT2D eigenvalue weighted by Gasteiger charge is 2.27. The van der Waals surface area contributed by atoms with E-state index in [1.165, 1.54) is 0 Å². The first-order chi connectivity index (χ1) is 14.6. The van der Waals surface area contributed by atoms with Gasteiger partial charge in [-0.3, -0.25) is 0 Å². The van der Waals surface area contributed by atoms with Crippen molar-refractivity contribution in [3.8, 4) is 11.4 Å². The van der Waals surface area contributed by atoms with Gasteiger partial charge in [-0.25, -0.2) is 4.68 Å². The SMILES string of the molecule is Clc1ccc(C2=C[C@@H](c3ccccc3Cl)n3nc(-c4ccc(Cl)cc4)nc3N2)cc1. The van der Waals surface area contributed by atoms with E-state index in [2.05, 4.69) is 11.4 Å². The number of hydrogen-bond donors (Lipinski definition) is 1. The molecule has 5 rings (SSSR count). The van der Waals surface area contributed by atoms with Gasteiger partial charge in [-0.2, -0.15) is 4.98 Å². The molecule has 4 aromatic rings. The van der Waals surface area contributed by atoms with E-state index in [0.29, 0.717) is 26.8 Å². The van der Waals surface area contributed by atoms with Crippen molar-refractivity contribution >= 4 is 46.4 Å². The van der Waals surface area contributed by atoms with Gasteiger partial charge < -0.3 is 5.32 Å². The molecule has 0 aliphatic carbocycles. The molecule has 1 aliphatic rings. The van der Waals surface area contributed by atoms with E-state index in [1.54, 1.807) is 0 Å². The number of nitrogens with zero attached hydrogens (tertiary/aromatic N) is 3. The highest BCUT2D eigenvalue weighted by Crippen LogP contribution is 2.36. The maximum absolute atomic E-state index is 6.54. The van der Waals surface area contributed by atoms with Gasteiger partial charge in [-0.15, -0.1) is 5.10 Å². The van der Waals surface area contributed by atoms with Crippen LogP contribution >= 0.6 is 34.8 Å². The van der Waals surface area contributed by atoms with Crippen LogP contribution in [0.15, 0.2) is 78.9 Å². The lowest BCUT2D eigenvalue weighted by atomic mass is 10.0. The van der Waals surface area contributed by atoms with E-state index < -0.39 is 0 Å². The molecule has 0 unspecified atom stereocenters. The lowest BCUT2D eigenvalue weighted by Gasteiger charge is -2.25. The minimum absolute atomic E-state index is 0.214. The van der Waals surface area contributed by atoms with Crippen LogP contribution in [-0.2, 0) is 0 Å². The van der Waals surface area contributed by atoms with Gasteiger partial charge in [0.2, 0.25) is 5.95 Å². The molecule has 0 fully saturated rings. The highest BCUT2D eigenvalue weighted by atomic mass is 35.5. The number of halogens is 3. The fourth-order valence-corrected chi connectivity index (χ4v) is 3.95. The number of fused-ring (bicyclic) bond motifs is 1. The zero-order chi connectivity index (χ0) is 20.7. The molecule has 0 radical (unpaired) electrons. The third-order valence-electron chi connectivity index (χ3n) is 4.95. The largest absolute Gasteiger partial charge is 0.324 e. The van der Waals surface area contributed by atoms with Crippen molar-refractivity contribution in [3.63, 3.8) is 0 Å². The molecule has 2 heterocycles. The van der Waals surface area contributed by atoms with E-state index in [9.17, 15) is 0 Å². The van der Waals surface area contributed by atoms with E-state index in [1.807, 2.05) is 77.5 Å². The van der Waals surface area contributed by atoms with Crippen LogP contribution in [0.1, 0.15) is 17.2 Å². The van der Waals surface area contributed by atoms with Crippen LogP contribution in [0, 0.1) is 0 Å². The molecule has 1 aromatic heterocycles. The predicted octanol–water partition coefficient (Wildman–Crippen LogP) is 6.96. The Labute approximate surface area is 188 Å². The third-order valence-corrected chi connectivity index (χ3v) is 5.80. The fourth-order valence-electron chi connectivity index (χ4n) is 3.45. The first-order valence-corrected chi connectivity index (χ1v) is 10.4. The van der Waals surface area contributed by atoms with E-state index in [-0.39, 0.29) is 6.04 Å². The minimum Gasteiger partial charge on any atom is -0.324 e. The van der Waals surface area contributed by atoms with Crippen molar-refractivity contribution in [1.82, 2.24) is 14.8 Å². The van der Waals surface area contributed by atoms with Gasteiger partial charge in [-0.05, 0) is 59.7 Å². The van der Waals surface area contributed by atoms with Crippen LogP contribution in [0.5, 0.6) is 0 Å². The Morgan fingerprint density at radius 3 is 2.07 bits per heavy atom. The van der Waals surface area contributed by atoms with Crippen LogP contribution in [0.4, 0.5) is 5.95 Å². The van der Waals surface area contributed by atoms with Crippen LogP contribution in [0.25, 0.3) is 17.1 Å². The topological polar surface area (TPSA) is 42.7 Å². The van der Waals surface area contributed by atoms with Crippen molar-refractivity contribution in [3.05, 3.63) is 105 Å². The number of benzene rings is 3. The molecule has 0 bridgehead atoms. The molecule has 30 heavy (non-hydrogen) atoms. The number of allylic oxidation sites excluding steroid dienone is 1. The van der Waals surface area contributed by atoms with Gasteiger partial charge in [0.05, 0.1) is 0 Å². The third kappa shape index (κ3) is 3.58. The average Bonchev–Trinajstić information content (AvgIpc) is 3.19. The number of rotatable bonds is 3. The molecule has 0 spiro atoms. The molecule has 0 saturated carbocycles. The first kappa shape index (κ1) is 19.2. The summed E-state index contributed by atoms with van der Waals surface area (Å²) in [7, 11) is 0. The highest BCUT2D eigenvalue weighted by molar-refractivity contribution is 6.31. The summed E-state index contributed by atoms with van der Waals surface area (Å²) in [5, 5.41) is 10.2. The predicted molar refractivity (Wildman–Crippen MR) is 123 cm³/mol. The second kappa shape index (κ2) is 7.80. The molecular formula is C23H15Cl3N4. The summed E-state index contributed by atoms with van der Waals surface area (Å²) in [6.07, 6.45) is 2.10. The summed E-state index contributed by atoms with van der Waals surface area (Å²) < 4.78 is 1.85. The van der Waals surface area contributed by atoms with E-state index in [4.69, 9.17) is 44.9 Å². The molecular weight excluding hydrogens is 439 g/mol. The van der Waals surface area contributed by atoms with Gasteiger partial charge in [0.1, 0.15) is 6.04 Å². The van der Waals surface area contributed by atoms with Crippen LogP contribution in [-0.4, -0.2) is 14.8 Å². The Bertz CT molecular complexity index is 1240. The summed E-state index contributed by atoms with van der Waals surface area (Å²) in [6.45, 7) is 0. The summed E-state index contributed by atoms with van der Waals surface area (Å²) in [6, 6.07) is 22.7. The second-order valence-electron chi connectivity index (χ2n) is 6.89. The first-order valence-electron chi connectivity index (χ1n) is 9.30. The van der Waals surface area contributed by atoms with E-state index >= 15 is 0 Å². The summed E-state index contributed by atoms with van der Waals surface area (Å²) in [5.74, 6) is 1.24. The lowest BCUT2D eigenvalue weighted by molar-refractivity contribution is 0.613. The van der Waals surface area contributed by atoms with Gasteiger partial charge in [-0.1, -0.05) is 65.1 Å². The lowest BCUT2D eigenvalue weighted by Crippen LogP contribution is -2.20. The molecule has 1 N–H and O–H groups in total. The quantitative estimate of drug-likeness (QED) is 0.364. The van der Waals surface area contributed by atoms with Crippen LogP contribution in [0.2, 0.25) is 15.1 Å². The molecule has 4 nitrogen and oxygen atoms in total. The summed E-state index contributed by atoms with van der Waals surface area (Å²) >= 11 is 18.6. The number of aromatic nitrogens is 3. The van der Waals surface area contributed by atoms with Gasteiger partial charge >= 0.3 is 0 Å². The molecule has 1 aliphatic heterocycles. The van der Waals surface area contributed by atoms with Gasteiger partial charge in [0, 0.05) is 26.3 Å². The standard InChI is InChI=1S/C23H15Cl3N4/c24-16-9-5-14(6-10-16)20-13-21(18-3-1-2-4-19(18)26)30-23(27-20)28-22(29-30)15-7-11-17(25)12-8-15/h1-13,21H,(H,27,28,29)/t21-/m0/s1. The number of anilines is 1. The molecule has 3 aromatic carbocycles. The Balaban J connectivity index is 1.64. The molecule has 0 amide bonds. The Kier molecular flexibility index (Phi) is 4.99. The summed E-state index contributed by atoms with van der Waals surface area (Å²) in [4.78, 5) is 4.74. The van der Waals surface area contributed by atoms with Gasteiger partial charge in [0.25, 0.3) is 0 Å². The summed E-state index contributed by atoms with van der Waals surface area (Å²) in [5.41, 5.74) is 3.74. The van der Waals surface area contributed by atoms with E-state index in [0.717, 1.165) is 22.4 Å². The normalized spacial score (nSPS) is 15.3. The number of nitrogens with one attached hydrogen (secondary N) is 1. The maximum Gasteiger partial charge on any atom is 0.227 e. The Morgan fingerprint density at radius 2 is 1.40 bits per heavy atom. The molecule has 1 atom stereocenters. The zero-order valence-corrected chi connectivity index (χ0v) is 17.8. The average molecular weight is 454 g/mol. The van der Waals surface area contributed by atoms with Gasteiger partial charge in [0.15, 0.2) is 5.82 Å². The van der Waals surface area contributed by atoms with Crippen molar-refractivity contribution in [2.24, 2.45) is 0 Å². The fraction of sp³-hybridized carbons (Fsp3) is 0.0435. The Morgan fingerprint density at radius 1 is 0.767 bits per heavy atom. The Hall–Kier alpha value is -2.79. The van der Waals surface area contributed by atoms with Crippen molar-refractivity contribution in [2.45, 2.75) is 6.04 Å². The maximum atomic E-state index is 6.54. The van der Waals surface area contributed by atoms with Crippen LogP contribution in [0.3, 0.4) is 0 Å². The monoisotopic (exact) mass is 452 g/mol. The minimum atomic E-state index is -0.214.